The van der Waals surface area contributed by atoms with Crippen LogP contribution in [0.25, 0.3) is 0 Å². The van der Waals surface area contributed by atoms with Crippen LogP contribution in [0.1, 0.15) is 24.2 Å². The Labute approximate surface area is 109 Å². The van der Waals surface area contributed by atoms with Crippen LogP contribution in [0.4, 0.5) is 0 Å². The molecule has 0 saturated carbocycles. The molecule has 0 aliphatic heterocycles. The smallest absolute Gasteiger partial charge is 0.335 e. The molecule has 1 aromatic carbocycles. The SMILES string of the molecule is CC(C)CS(=O)CCOc1cccc(C(=O)O)c1. The number of aromatic carboxylic acids is 1. The molecule has 1 aromatic rings. The Balaban J connectivity index is 2.42. The number of hydrogen-bond donors (Lipinski definition) is 1. The minimum atomic E-state index is -0.983. The van der Waals surface area contributed by atoms with Gasteiger partial charge in [0.15, 0.2) is 0 Å². The quantitative estimate of drug-likeness (QED) is 0.824. The van der Waals surface area contributed by atoms with Crippen molar-refractivity contribution < 1.29 is 18.8 Å². The maximum atomic E-state index is 11.6. The number of carboxylic acid groups (broad SMARTS) is 1. The lowest BCUT2D eigenvalue weighted by Gasteiger charge is -2.08. The molecular formula is C13H18O4S. The Morgan fingerprint density at radius 1 is 1.44 bits per heavy atom. The second-order valence-electron chi connectivity index (χ2n) is 4.39. The average molecular weight is 270 g/mol. The van der Waals surface area contributed by atoms with Crippen molar-refractivity contribution in [1.29, 1.82) is 0 Å². The largest absolute Gasteiger partial charge is 0.493 e. The van der Waals surface area contributed by atoms with Crippen molar-refractivity contribution >= 4 is 16.8 Å². The van der Waals surface area contributed by atoms with E-state index in [1.54, 1.807) is 12.1 Å². The van der Waals surface area contributed by atoms with Crippen LogP contribution in [0.5, 0.6) is 5.75 Å². The topological polar surface area (TPSA) is 63.6 Å². The Morgan fingerprint density at radius 2 is 2.17 bits per heavy atom. The molecule has 0 fully saturated rings. The van der Waals surface area contributed by atoms with E-state index in [0.29, 0.717) is 29.8 Å². The molecule has 0 bridgehead atoms. The van der Waals surface area contributed by atoms with Crippen molar-refractivity contribution in [3.05, 3.63) is 29.8 Å². The molecule has 0 amide bonds. The summed E-state index contributed by atoms with van der Waals surface area (Å²) in [6.45, 7) is 4.38. The second-order valence-corrected chi connectivity index (χ2v) is 6.01. The van der Waals surface area contributed by atoms with Crippen LogP contribution in [-0.4, -0.2) is 33.4 Å². The first kappa shape index (κ1) is 14.7. The van der Waals surface area contributed by atoms with Crippen molar-refractivity contribution in [1.82, 2.24) is 0 Å². The fourth-order valence-corrected chi connectivity index (χ4v) is 2.61. The summed E-state index contributed by atoms with van der Waals surface area (Å²) < 4.78 is 16.9. The highest BCUT2D eigenvalue weighted by Gasteiger charge is 2.06. The van der Waals surface area contributed by atoms with Crippen LogP contribution in [0.3, 0.4) is 0 Å². The standard InChI is InChI=1S/C13H18O4S/c1-10(2)9-18(16)7-6-17-12-5-3-4-11(8-12)13(14)15/h3-5,8,10H,6-7,9H2,1-2H3,(H,14,15). The lowest BCUT2D eigenvalue weighted by atomic mass is 10.2. The average Bonchev–Trinajstić information content (AvgIpc) is 2.28. The summed E-state index contributed by atoms with van der Waals surface area (Å²) in [5.41, 5.74) is 0.191. The van der Waals surface area contributed by atoms with Crippen molar-refractivity contribution in [2.45, 2.75) is 13.8 Å². The zero-order valence-electron chi connectivity index (χ0n) is 10.6. The lowest BCUT2D eigenvalue weighted by Crippen LogP contribution is -2.14. The van der Waals surface area contributed by atoms with Gasteiger partial charge in [0.25, 0.3) is 0 Å². The summed E-state index contributed by atoms with van der Waals surface area (Å²) in [6, 6.07) is 6.29. The van der Waals surface area contributed by atoms with Gasteiger partial charge in [0.1, 0.15) is 5.75 Å². The van der Waals surface area contributed by atoms with E-state index >= 15 is 0 Å². The fourth-order valence-electron chi connectivity index (χ4n) is 1.43. The predicted molar refractivity (Wildman–Crippen MR) is 71.6 cm³/mol. The fraction of sp³-hybridized carbons (Fsp3) is 0.462. The second kappa shape index (κ2) is 7.16. The predicted octanol–water partition coefficient (Wildman–Crippen LogP) is 2.17. The van der Waals surface area contributed by atoms with Gasteiger partial charge in [-0.3, -0.25) is 4.21 Å². The molecule has 0 aliphatic carbocycles. The van der Waals surface area contributed by atoms with E-state index in [-0.39, 0.29) is 5.56 Å². The summed E-state index contributed by atoms with van der Waals surface area (Å²) in [4.78, 5) is 10.8. The summed E-state index contributed by atoms with van der Waals surface area (Å²) in [5, 5.41) is 8.82. The van der Waals surface area contributed by atoms with Gasteiger partial charge in [0.2, 0.25) is 0 Å². The van der Waals surface area contributed by atoms with Gasteiger partial charge in [-0.1, -0.05) is 19.9 Å². The van der Waals surface area contributed by atoms with Gasteiger partial charge in [-0.2, -0.15) is 0 Å². The van der Waals surface area contributed by atoms with Gasteiger partial charge in [0, 0.05) is 16.6 Å². The molecule has 1 rings (SSSR count). The number of carbonyl (C=O) groups is 1. The maximum absolute atomic E-state index is 11.6. The molecule has 100 valence electrons. The van der Waals surface area contributed by atoms with Gasteiger partial charge in [-0.15, -0.1) is 0 Å². The number of carboxylic acids is 1. The maximum Gasteiger partial charge on any atom is 0.335 e. The third-order valence-corrected chi connectivity index (χ3v) is 3.84. The zero-order chi connectivity index (χ0) is 13.5. The van der Waals surface area contributed by atoms with Crippen LogP contribution in [0, 0.1) is 5.92 Å². The lowest BCUT2D eigenvalue weighted by molar-refractivity contribution is 0.0696. The van der Waals surface area contributed by atoms with Crippen LogP contribution < -0.4 is 4.74 Å². The molecule has 0 heterocycles. The van der Waals surface area contributed by atoms with E-state index in [1.165, 1.54) is 12.1 Å². The molecule has 18 heavy (non-hydrogen) atoms. The van der Waals surface area contributed by atoms with E-state index in [9.17, 15) is 9.00 Å². The summed E-state index contributed by atoms with van der Waals surface area (Å²) in [6.07, 6.45) is 0. The van der Waals surface area contributed by atoms with Crippen LogP contribution in [0.2, 0.25) is 0 Å². The molecule has 0 aromatic heterocycles. The van der Waals surface area contributed by atoms with Crippen LogP contribution in [-0.2, 0) is 10.8 Å². The van der Waals surface area contributed by atoms with Gasteiger partial charge in [0.05, 0.1) is 17.9 Å². The first-order valence-electron chi connectivity index (χ1n) is 5.80. The minimum Gasteiger partial charge on any atom is -0.493 e. The highest BCUT2D eigenvalue weighted by atomic mass is 32.2. The molecule has 1 N–H and O–H groups in total. The molecule has 0 radical (unpaired) electrons. The Morgan fingerprint density at radius 3 is 2.78 bits per heavy atom. The number of hydrogen-bond acceptors (Lipinski definition) is 3. The third kappa shape index (κ3) is 5.31. The van der Waals surface area contributed by atoms with Crippen molar-refractivity contribution in [3.63, 3.8) is 0 Å². The zero-order valence-corrected chi connectivity index (χ0v) is 11.4. The van der Waals surface area contributed by atoms with E-state index in [0.717, 1.165) is 0 Å². The third-order valence-electron chi connectivity index (χ3n) is 2.18. The van der Waals surface area contributed by atoms with Crippen LogP contribution in [0.15, 0.2) is 24.3 Å². The normalized spacial score (nSPS) is 12.4. The van der Waals surface area contributed by atoms with Crippen molar-refractivity contribution in [2.75, 3.05) is 18.1 Å². The monoisotopic (exact) mass is 270 g/mol. The first-order valence-corrected chi connectivity index (χ1v) is 7.29. The highest BCUT2D eigenvalue weighted by molar-refractivity contribution is 7.85. The summed E-state index contributed by atoms with van der Waals surface area (Å²) >= 11 is 0. The van der Waals surface area contributed by atoms with Gasteiger partial charge in [-0.05, 0) is 24.1 Å². The van der Waals surface area contributed by atoms with E-state index in [2.05, 4.69) is 0 Å². The molecule has 0 aliphatic rings. The van der Waals surface area contributed by atoms with Gasteiger partial charge >= 0.3 is 5.97 Å². The number of ether oxygens (including phenoxy) is 1. The molecule has 1 unspecified atom stereocenters. The van der Waals surface area contributed by atoms with Gasteiger partial charge in [-0.25, -0.2) is 4.79 Å². The molecule has 5 heteroatoms. The van der Waals surface area contributed by atoms with Crippen LogP contribution >= 0.6 is 0 Å². The molecule has 0 spiro atoms. The van der Waals surface area contributed by atoms with E-state index in [1.807, 2.05) is 13.8 Å². The van der Waals surface area contributed by atoms with Crippen molar-refractivity contribution in [2.24, 2.45) is 5.92 Å². The number of rotatable bonds is 7. The molecule has 4 nitrogen and oxygen atoms in total. The highest BCUT2D eigenvalue weighted by Crippen LogP contribution is 2.13. The molecule has 1 atom stereocenters. The molecular weight excluding hydrogens is 252 g/mol. The summed E-state index contributed by atoms with van der Waals surface area (Å²) in [7, 11) is -0.879. The minimum absolute atomic E-state index is 0.191. The Kier molecular flexibility index (Phi) is 5.85. The van der Waals surface area contributed by atoms with E-state index < -0.39 is 16.8 Å². The molecule has 0 saturated heterocycles. The number of benzene rings is 1. The van der Waals surface area contributed by atoms with E-state index in [4.69, 9.17) is 9.84 Å². The first-order chi connectivity index (χ1) is 8.49. The Hall–Kier alpha value is -1.36. The van der Waals surface area contributed by atoms with Crippen molar-refractivity contribution in [3.8, 4) is 5.75 Å². The van der Waals surface area contributed by atoms with Gasteiger partial charge < -0.3 is 9.84 Å². The Bertz CT molecular complexity index is 429. The summed E-state index contributed by atoms with van der Waals surface area (Å²) in [5.74, 6) is 1.05.